The number of nitro groups is 1. The van der Waals surface area contributed by atoms with Gasteiger partial charge in [0, 0.05) is 24.4 Å². The Bertz CT molecular complexity index is 1700. The lowest BCUT2D eigenvalue weighted by Crippen LogP contribution is -2.26. The van der Waals surface area contributed by atoms with Crippen LogP contribution in [0.15, 0.2) is 55.0 Å². The first-order chi connectivity index (χ1) is 18.2. The van der Waals surface area contributed by atoms with E-state index in [0.717, 1.165) is 6.33 Å². The molecule has 0 fully saturated rings. The van der Waals surface area contributed by atoms with Crippen LogP contribution in [0.3, 0.4) is 0 Å². The molecule has 38 heavy (non-hydrogen) atoms. The molecule has 2 amide bonds. The summed E-state index contributed by atoms with van der Waals surface area (Å²) in [6.07, 6.45) is 2.44. The molecule has 1 aliphatic heterocycles. The van der Waals surface area contributed by atoms with Gasteiger partial charge in [-0.05, 0) is 17.7 Å². The Balaban J connectivity index is 1.32. The Morgan fingerprint density at radius 2 is 2.00 bits per heavy atom. The topological polar surface area (TPSA) is 198 Å². The van der Waals surface area contributed by atoms with Gasteiger partial charge in [0.05, 0.1) is 21.8 Å². The van der Waals surface area contributed by atoms with Crippen molar-refractivity contribution in [1.29, 1.82) is 0 Å². The highest BCUT2D eigenvalue weighted by molar-refractivity contribution is 7.92. The highest BCUT2D eigenvalue weighted by Gasteiger charge is 2.23. The zero-order valence-corrected chi connectivity index (χ0v) is 20.2. The van der Waals surface area contributed by atoms with Gasteiger partial charge in [-0.25, -0.2) is 18.4 Å². The second kappa shape index (κ2) is 9.78. The summed E-state index contributed by atoms with van der Waals surface area (Å²) in [6, 6.07) is 10.7. The minimum atomic E-state index is -4.07. The Hall–Kier alpha value is -5.05. The van der Waals surface area contributed by atoms with Crippen LogP contribution in [0, 0.1) is 10.1 Å². The average molecular weight is 538 g/mol. The number of hydrogen-bond donors (Lipinski definition) is 4. The molecule has 0 radical (unpaired) electrons. The van der Waals surface area contributed by atoms with Gasteiger partial charge in [0.25, 0.3) is 17.5 Å². The fraction of sp³-hybridized carbons (Fsp3) is 0.130. The van der Waals surface area contributed by atoms with E-state index in [9.17, 15) is 28.1 Å². The van der Waals surface area contributed by atoms with Crippen LogP contribution in [0.5, 0.6) is 5.75 Å². The molecule has 2 aromatic heterocycles. The summed E-state index contributed by atoms with van der Waals surface area (Å²) in [5.41, 5.74) is 1.28. The van der Waals surface area contributed by atoms with Gasteiger partial charge in [-0.1, -0.05) is 24.3 Å². The Morgan fingerprint density at radius 3 is 2.82 bits per heavy atom. The first-order valence-corrected chi connectivity index (χ1v) is 12.7. The van der Waals surface area contributed by atoms with E-state index < -0.39 is 26.6 Å². The largest absolute Gasteiger partial charge is 0.482 e. The first-order valence-electron chi connectivity index (χ1n) is 11.1. The minimum Gasteiger partial charge on any atom is -0.482 e. The number of amides is 2. The van der Waals surface area contributed by atoms with Gasteiger partial charge in [-0.3, -0.25) is 24.4 Å². The van der Waals surface area contributed by atoms with Gasteiger partial charge < -0.3 is 20.4 Å². The van der Waals surface area contributed by atoms with E-state index in [2.05, 4.69) is 30.3 Å². The number of nitrogens with one attached hydrogen (secondary N) is 4. The van der Waals surface area contributed by atoms with Crippen LogP contribution in [0.25, 0.3) is 11.0 Å². The molecule has 0 unspecified atom stereocenters. The third-order valence-corrected chi connectivity index (χ3v) is 6.83. The van der Waals surface area contributed by atoms with Crippen molar-refractivity contribution in [2.45, 2.75) is 12.3 Å². The number of aromatic amines is 1. The number of anilines is 2. The number of carbonyl (C=O) groups is 2. The van der Waals surface area contributed by atoms with Gasteiger partial charge in [-0.2, -0.15) is 0 Å². The monoisotopic (exact) mass is 537 g/mol. The summed E-state index contributed by atoms with van der Waals surface area (Å²) in [5.74, 6) is -0.934. The van der Waals surface area contributed by atoms with Crippen LogP contribution in [0.4, 0.5) is 17.1 Å². The molecule has 4 N–H and O–H groups in total. The number of aromatic nitrogens is 3. The van der Waals surface area contributed by atoms with E-state index in [0.29, 0.717) is 17.0 Å². The molecule has 0 saturated carbocycles. The molecule has 3 heterocycles. The summed E-state index contributed by atoms with van der Waals surface area (Å²) < 4.78 is 33.2. The van der Waals surface area contributed by atoms with E-state index in [1.54, 1.807) is 18.2 Å². The first kappa shape index (κ1) is 24.6. The van der Waals surface area contributed by atoms with Crippen LogP contribution in [-0.2, 0) is 27.1 Å². The van der Waals surface area contributed by atoms with Gasteiger partial charge in [0.15, 0.2) is 12.3 Å². The van der Waals surface area contributed by atoms with Crippen molar-refractivity contribution in [3.63, 3.8) is 0 Å². The number of ether oxygens (including phenoxy) is 1. The summed E-state index contributed by atoms with van der Waals surface area (Å²) in [5, 5.41) is 16.7. The third kappa shape index (κ3) is 5.08. The number of para-hydroxylation sites is 1. The van der Waals surface area contributed by atoms with Gasteiger partial charge >= 0.3 is 0 Å². The van der Waals surface area contributed by atoms with Crippen molar-refractivity contribution in [1.82, 2.24) is 20.3 Å². The number of hydrogen-bond acceptors (Lipinski definition) is 9. The number of rotatable bonds is 8. The molecule has 4 aromatic rings. The standard InChI is InChI=1S/C23H19N7O7S/c31-19-10-37-18-6-5-13(7-15(18)28-19)8-25-23(32)22-21-20(26-12-27-22)16(9-24-21)29-38(35,36)11-14-3-1-2-4-17(14)30(33)34/h1-7,9,12,24,29H,8,10-11H2,(H,25,32)(H,28,31). The molecule has 0 atom stereocenters. The second-order valence-corrected chi connectivity index (χ2v) is 9.97. The normalized spacial score (nSPS) is 12.8. The number of carbonyl (C=O) groups excluding carboxylic acids is 2. The Kier molecular flexibility index (Phi) is 6.34. The molecule has 1 aliphatic rings. The SMILES string of the molecule is O=C1COc2ccc(CNC(=O)c3ncnc4c(NS(=O)(=O)Cc5ccccc5[N+](=O)[O-])c[nH]c34)cc2N1. The fourth-order valence-electron chi connectivity index (χ4n) is 3.91. The van der Waals surface area contributed by atoms with Crippen LogP contribution < -0.4 is 20.1 Å². The van der Waals surface area contributed by atoms with Crippen LogP contribution >= 0.6 is 0 Å². The molecule has 14 nitrogen and oxygen atoms in total. The molecule has 194 valence electrons. The van der Waals surface area contributed by atoms with Crippen LogP contribution in [0.1, 0.15) is 21.6 Å². The van der Waals surface area contributed by atoms with Gasteiger partial charge in [0.2, 0.25) is 10.0 Å². The second-order valence-electron chi connectivity index (χ2n) is 8.25. The number of nitro benzene ring substituents is 1. The lowest BCUT2D eigenvalue weighted by Gasteiger charge is -2.18. The van der Waals surface area contributed by atoms with Crippen LogP contribution in [-0.4, -0.2) is 46.7 Å². The molecule has 0 spiro atoms. The number of benzene rings is 2. The summed E-state index contributed by atoms with van der Waals surface area (Å²) >= 11 is 0. The number of sulfonamides is 1. The maximum absolute atomic E-state index is 12.9. The summed E-state index contributed by atoms with van der Waals surface area (Å²) in [7, 11) is -4.07. The zero-order chi connectivity index (χ0) is 26.9. The molecular formula is C23H19N7O7S. The quantitative estimate of drug-likeness (QED) is 0.192. The maximum Gasteiger partial charge on any atom is 0.273 e. The highest BCUT2D eigenvalue weighted by atomic mass is 32.2. The van der Waals surface area contributed by atoms with E-state index in [1.165, 1.54) is 30.5 Å². The van der Waals surface area contributed by atoms with E-state index >= 15 is 0 Å². The maximum atomic E-state index is 12.9. The van der Waals surface area contributed by atoms with Crippen molar-refractivity contribution in [3.8, 4) is 5.75 Å². The van der Waals surface area contributed by atoms with Crippen LogP contribution in [0.2, 0.25) is 0 Å². The van der Waals surface area contributed by atoms with Gasteiger partial charge in [-0.15, -0.1) is 0 Å². The van der Waals surface area contributed by atoms with E-state index in [4.69, 9.17) is 4.74 Å². The van der Waals surface area contributed by atoms with Gasteiger partial charge in [0.1, 0.15) is 23.3 Å². The highest BCUT2D eigenvalue weighted by Crippen LogP contribution is 2.29. The number of nitrogens with zero attached hydrogens (tertiary/aromatic N) is 3. The predicted octanol–water partition coefficient (Wildman–Crippen LogP) is 2.07. The third-order valence-electron chi connectivity index (χ3n) is 5.61. The molecule has 2 aromatic carbocycles. The summed E-state index contributed by atoms with van der Waals surface area (Å²) in [4.78, 5) is 45.9. The molecule has 0 saturated heterocycles. The van der Waals surface area contributed by atoms with Crippen molar-refractivity contribution >= 4 is 49.9 Å². The summed E-state index contributed by atoms with van der Waals surface area (Å²) in [6.45, 7) is 0.0524. The fourth-order valence-corrected chi connectivity index (χ4v) is 5.13. The Labute approximate surface area is 214 Å². The van der Waals surface area contributed by atoms with Crippen molar-refractivity contribution in [2.24, 2.45) is 0 Å². The minimum absolute atomic E-state index is 0.0197. The lowest BCUT2D eigenvalue weighted by atomic mass is 10.1. The lowest BCUT2D eigenvalue weighted by molar-refractivity contribution is -0.385. The smallest absolute Gasteiger partial charge is 0.273 e. The number of H-pyrrole nitrogens is 1. The molecule has 0 aliphatic carbocycles. The van der Waals surface area contributed by atoms with Crippen molar-refractivity contribution in [2.75, 3.05) is 16.6 Å². The van der Waals surface area contributed by atoms with E-state index in [-0.39, 0.29) is 52.7 Å². The molecular weight excluding hydrogens is 518 g/mol. The van der Waals surface area contributed by atoms with Crippen molar-refractivity contribution in [3.05, 3.63) is 81.9 Å². The predicted molar refractivity (Wildman–Crippen MR) is 135 cm³/mol. The molecule has 0 bridgehead atoms. The molecule has 5 rings (SSSR count). The molecule has 15 heteroatoms. The van der Waals surface area contributed by atoms with Crippen molar-refractivity contribution < 1.29 is 27.7 Å². The van der Waals surface area contributed by atoms with E-state index in [1.807, 2.05) is 0 Å². The Morgan fingerprint density at radius 1 is 1.18 bits per heavy atom. The average Bonchev–Trinajstić information content (AvgIpc) is 3.29. The zero-order valence-electron chi connectivity index (χ0n) is 19.4. The number of fused-ring (bicyclic) bond motifs is 2.